The van der Waals surface area contributed by atoms with Crippen LogP contribution in [0.1, 0.15) is 21.6 Å². The zero-order valence-electron chi connectivity index (χ0n) is 10.2. The Bertz CT molecular complexity index is 688. The minimum atomic E-state index is -1.12. The third-order valence-electron chi connectivity index (χ3n) is 2.79. The second kappa shape index (κ2) is 4.78. The molecule has 0 fully saturated rings. The first-order valence-electron chi connectivity index (χ1n) is 5.55. The fraction of sp³-hybridized carbons (Fsp3) is 0.0714. The molecule has 0 saturated heterocycles. The van der Waals surface area contributed by atoms with Gasteiger partial charge in [0.1, 0.15) is 17.5 Å². The third-order valence-corrected chi connectivity index (χ3v) is 2.79. The summed E-state index contributed by atoms with van der Waals surface area (Å²) in [6.45, 7) is 1.56. The van der Waals surface area contributed by atoms with Crippen LogP contribution in [0.4, 0.5) is 5.82 Å². The largest absolute Gasteiger partial charge is 0.478 e. The maximum atomic E-state index is 11.4. The van der Waals surface area contributed by atoms with Crippen LogP contribution in [0.25, 0.3) is 11.1 Å². The molecule has 1 aromatic heterocycles. The van der Waals surface area contributed by atoms with Crippen LogP contribution in [0.3, 0.4) is 0 Å². The van der Waals surface area contributed by atoms with Crippen LogP contribution in [-0.2, 0) is 0 Å². The van der Waals surface area contributed by atoms with Crippen molar-refractivity contribution in [1.82, 2.24) is 4.98 Å². The number of carboxylic acids is 1. The number of hydrogen-bond donors (Lipinski definition) is 2. The highest BCUT2D eigenvalue weighted by Crippen LogP contribution is 2.31. The van der Waals surface area contributed by atoms with E-state index in [2.05, 4.69) is 4.98 Å². The second-order valence-electron chi connectivity index (χ2n) is 3.99. The van der Waals surface area contributed by atoms with Gasteiger partial charge in [-0.15, -0.1) is 0 Å². The molecule has 19 heavy (non-hydrogen) atoms. The van der Waals surface area contributed by atoms with E-state index in [1.165, 1.54) is 0 Å². The van der Waals surface area contributed by atoms with Crippen molar-refractivity contribution < 1.29 is 9.90 Å². The Kier molecular flexibility index (Phi) is 3.17. The fourth-order valence-electron chi connectivity index (χ4n) is 1.99. The summed E-state index contributed by atoms with van der Waals surface area (Å²) in [4.78, 5) is 15.3. The van der Waals surface area contributed by atoms with Gasteiger partial charge in [-0.2, -0.15) is 5.26 Å². The van der Waals surface area contributed by atoms with Crippen molar-refractivity contribution in [3.8, 4) is 17.2 Å². The van der Waals surface area contributed by atoms with Crippen LogP contribution in [0, 0.1) is 18.3 Å². The first-order chi connectivity index (χ1) is 9.06. The van der Waals surface area contributed by atoms with Crippen LogP contribution in [0.2, 0.25) is 0 Å². The Balaban J connectivity index is 2.91. The molecule has 94 valence electrons. The number of nitrogens with two attached hydrogens (primary N) is 1. The van der Waals surface area contributed by atoms with Crippen LogP contribution in [0.15, 0.2) is 30.3 Å². The van der Waals surface area contributed by atoms with Crippen molar-refractivity contribution >= 4 is 11.8 Å². The summed E-state index contributed by atoms with van der Waals surface area (Å²) in [5, 5.41) is 18.5. The lowest BCUT2D eigenvalue weighted by atomic mass is 9.94. The van der Waals surface area contributed by atoms with Crippen molar-refractivity contribution in [3.05, 3.63) is 47.2 Å². The lowest BCUT2D eigenvalue weighted by Crippen LogP contribution is -2.10. The number of nitrogen functional groups attached to an aromatic ring is 1. The van der Waals surface area contributed by atoms with E-state index in [-0.39, 0.29) is 16.9 Å². The summed E-state index contributed by atoms with van der Waals surface area (Å²) in [5.74, 6) is -1.08. The number of nitrogens with zero attached hydrogens (tertiary/aromatic N) is 2. The minimum Gasteiger partial charge on any atom is -0.478 e. The normalized spacial score (nSPS) is 9.89. The van der Waals surface area contributed by atoms with E-state index in [4.69, 9.17) is 5.73 Å². The quantitative estimate of drug-likeness (QED) is 0.854. The first kappa shape index (κ1) is 12.6. The summed E-state index contributed by atoms with van der Waals surface area (Å²) in [6.07, 6.45) is 0. The number of aryl methyl sites for hydroxylation is 1. The average Bonchev–Trinajstić information content (AvgIpc) is 2.38. The van der Waals surface area contributed by atoms with E-state index in [1.807, 2.05) is 12.1 Å². The van der Waals surface area contributed by atoms with E-state index in [0.29, 0.717) is 16.8 Å². The van der Waals surface area contributed by atoms with Gasteiger partial charge >= 0.3 is 5.97 Å². The van der Waals surface area contributed by atoms with E-state index in [0.717, 1.165) is 0 Å². The Morgan fingerprint density at radius 3 is 2.53 bits per heavy atom. The van der Waals surface area contributed by atoms with Crippen LogP contribution in [-0.4, -0.2) is 16.1 Å². The van der Waals surface area contributed by atoms with Crippen molar-refractivity contribution in [2.45, 2.75) is 6.92 Å². The molecule has 0 spiro atoms. The molecule has 0 amide bonds. The topological polar surface area (TPSA) is 100 Å². The molecular weight excluding hydrogens is 242 g/mol. The van der Waals surface area contributed by atoms with Gasteiger partial charge in [-0.25, -0.2) is 9.78 Å². The maximum Gasteiger partial charge on any atom is 0.338 e. The molecule has 0 bridgehead atoms. The third kappa shape index (κ3) is 2.11. The smallest absolute Gasteiger partial charge is 0.338 e. The summed E-state index contributed by atoms with van der Waals surface area (Å²) in [6, 6.07) is 10.8. The van der Waals surface area contributed by atoms with Gasteiger partial charge in [-0.05, 0) is 12.5 Å². The molecule has 0 atom stereocenters. The molecule has 1 heterocycles. The van der Waals surface area contributed by atoms with Crippen molar-refractivity contribution in [2.75, 3.05) is 5.73 Å². The number of hydrogen-bond acceptors (Lipinski definition) is 4. The minimum absolute atomic E-state index is 0.0111. The van der Waals surface area contributed by atoms with Crippen LogP contribution < -0.4 is 5.73 Å². The maximum absolute atomic E-state index is 11.4. The Morgan fingerprint density at radius 1 is 1.37 bits per heavy atom. The second-order valence-corrected chi connectivity index (χ2v) is 3.99. The van der Waals surface area contributed by atoms with Crippen molar-refractivity contribution in [1.29, 1.82) is 5.26 Å². The summed E-state index contributed by atoms with van der Waals surface area (Å²) < 4.78 is 0. The predicted molar refractivity (Wildman–Crippen MR) is 70.5 cm³/mol. The predicted octanol–water partition coefficient (Wildman–Crippen LogP) is 2.21. The number of benzene rings is 1. The van der Waals surface area contributed by atoms with E-state index < -0.39 is 5.97 Å². The van der Waals surface area contributed by atoms with Gasteiger partial charge in [0.2, 0.25) is 0 Å². The summed E-state index contributed by atoms with van der Waals surface area (Å²) >= 11 is 0. The standard InChI is InChI=1S/C14H11N3O2/c1-8-11(14(18)19)12(9-5-3-2-4-6-9)10(7-15)13(16)17-8/h2-6H,1H3,(H2,16,17)(H,18,19). The molecule has 5 heteroatoms. The van der Waals surface area contributed by atoms with Gasteiger partial charge in [0.05, 0.1) is 11.3 Å². The van der Waals surface area contributed by atoms with Gasteiger partial charge in [0.25, 0.3) is 0 Å². The van der Waals surface area contributed by atoms with Crippen molar-refractivity contribution in [3.63, 3.8) is 0 Å². The van der Waals surface area contributed by atoms with E-state index in [9.17, 15) is 15.2 Å². The average molecular weight is 253 g/mol. The summed E-state index contributed by atoms with van der Waals surface area (Å²) in [5.41, 5.74) is 7.06. The van der Waals surface area contributed by atoms with Crippen LogP contribution >= 0.6 is 0 Å². The Hall–Kier alpha value is -2.87. The number of rotatable bonds is 2. The Labute approximate surface area is 109 Å². The van der Waals surface area contributed by atoms with E-state index >= 15 is 0 Å². The molecule has 2 rings (SSSR count). The highest BCUT2D eigenvalue weighted by atomic mass is 16.4. The molecule has 2 aromatic rings. The monoisotopic (exact) mass is 253 g/mol. The van der Waals surface area contributed by atoms with E-state index in [1.54, 1.807) is 31.2 Å². The molecule has 0 saturated carbocycles. The van der Waals surface area contributed by atoms with Crippen LogP contribution in [0.5, 0.6) is 0 Å². The number of aromatic nitrogens is 1. The zero-order chi connectivity index (χ0) is 14.0. The number of anilines is 1. The molecule has 0 aliphatic carbocycles. The molecule has 0 unspecified atom stereocenters. The first-order valence-corrected chi connectivity index (χ1v) is 5.55. The SMILES string of the molecule is Cc1nc(N)c(C#N)c(-c2ccccc2)c1C(=O)O. The Morgan fingerprint density at radius 2 is 2.00 bits per heavy atom. The lowest BCUT2D eigenvalue weighted by molar-refractivity contribution is 0.0696. The van der Waals surface area contributed by atoms with Gasteiger partial charge in [-0.1, -0.05) is 30.3 Å². The highest BCUT2D eigenvalue weighted by Gasteiger charge is 2.22. The molecule has 0 radical (unpaired) electrons. The molecular formula is C14H11N3O2. The van der Waals surface area contributed by atoms with Gasteiger partial charge in [0, 0.05) is 5.56 Å². The molecule has 0 aliphatic rings. The number of aromatic carboxylic acids is 1. The van der Waals surface area contributed by atoms with Gasteiger partial charge in [-0.3, -0.25) is 0 Å². The van der Waals surface area contributed by atoms with Gasteiger partial charge < -0.3 is 10.8 Å². The number of pyridine rings is 1. The van der Waals surface area contributed by atoms with Crippen molar-refractivity contribution in [2.24, 2.45) is 0 Å². The number of nitriles is 1. The zero-order valence-corrected chi connectivity index (χ0v) is 10.2. The highest BCUT2D eigenvalue weighted by molar-refractivity contribution is 5.99. The fourth-order valence-corrected chi connectivity index (χ4v) is 1.99. The molecule has 5 nitrogen and oxygen atoms in total. The lowest BCUT2D eigenvalue weighted by Gasteiger charge is -2.12. The van der Waals surface area contributed by atoms with Gasteiger partial charge in [0.15, 0.2) is 0 Å². The molecule has 1 aromatic carbocycles. The molecule has 0 aliphatic heterocycles. The summed E-state index contributed by atoms with van der Waals surface area (Å²) in [7, 11) is 0. The number of carbonyl (C=O) groups is 1. The molecule has 3 N–H and O–H groups in total. The number of carboxylic acid groups (broad SMARTS) is 1.